The number of imidazole rings is 1. The second-order valence-corrected chi connectivity index (χ2v) is 6.09. The van der Waals surface area contributed by atoms with Gasteiger partial charge in [-0.05, 0) is 37.6 Å². The lowest BCUT2D eigenvalue weighted by Gasteiger charge is -2.09. The van der Waals surface area contributed by atoms with Crippen LogP contribution in [0.3, 0.4) is 0 Å². The predicted octanol–water partition coefficient (Wildman–Crippen LogP) is 3.08. The number of anilines is 1. The molecule has 0 bridgehead atoms. The van der Waals surface area contributed by atoms with Crippen molar-refractivity contribution in [3.8, 4) is 11.5 Å². The molecule has 7 nitrogen and oxygen atoms in total. The lowest BCUT2D eigenvalue weighted by atomic mass is 10.2. The van der Waals surface area contributed by atoms with E-state index in [0.717, 1.165) is 22.6 Å². The van der Waals surface area contributed by atoms with Gasteiger partial charge in [0.25, 0.3) is 0 Å². The van der Waals surface area contributed by atoms with Gasteiger partial charge in [-0.2, -0.15) is 5.10 Å². The fourth-order valence-electron chi connectivity index (χ4n) is 2.79. The Morgan fingerprint density at radius 3 is 2.58 bits per heavy atom. The van der Waals surface area contributed by atoms with Crippen LogP contribution < -0.4 is 5.32 Å². The summed E-state index contributed by atoms with van der Waals surface area (Å²) in [5, 5.41) is 7.77. The minimum atomic E-state index is 0.666. The minimum absolute atomic E-state index is 0.666. The van der Waals surface area contributed by atoms with Crippen molar-refractivity contribution >= 4 is 5.82 Å². The van der Waals surface area contributed by atoms with Crippen molar-refractivity contribution in [3.05, 3.63) is 78.4 Å². The fraction of sp³-hybridized carbons (Fsp3) is 0.158. The highest BCUT2D eigenvalue weighted by Gasteiger charge is 2.06. The predicted molar refractivity (Wildman–Crippen MR) is 99.5 cm³/mol. The molecule has 0 saturated carbocycles. The van der Waals surface area contributed by atoms with Crippen LogP contribution in [-0.4, -0.2) is 29.3 Å². The fourth-order valence-corrected chi connectivity index (χ4v) is 2.79. The monoisotopic (exact) mass is 345 g/mol. The molecule has 0 atom stereocenters. The van der Waals surface area contributed by atoms with Gasteiger partial charge in [0.1, 0.15) is 5.82 Å². The topological polar surface area (TPSA) is 73.5 Å². The number of hydrogen-bond donors (Lipinski definition) is 1. The summed E-state index contributed by atoms with van der Waals surface area (Å²) in [4.78, 5) is 12.9. The van der Waals surface area contributed by atoms with E-state index in [4.69, 9.17) is 0 Å². The minimum Gasteiger partial charge on any atom is -0.365 e. The Bertz CT molecular complexity index is 1000. The van der Waals surface area contributed by atoms with E-state index in [0.29, 0.717) is 18.2 Å². The normalized spacial score (nSPS) is 10.8. The van der Waals surface area contributed by atoms with Crippen molar-refractivity contribution in [2.24, 2.45) is 0 Å². The molecule has 0 spiro atoms. The van der Waals surface area contributed by atoms with Crippen molar-refractivity contribution in [2.75, 3.05) is 5.32 Å². The van der Waals surface area contributed by atoms with Crippen molar-refractivity contribution in [1.29, 1.82) is 0 Å². The van der Waals surface area contributed by atoms with Crippen LogP contribution in [0.2, 0.25) is 0 Å². The zero-order valence-corrected chi connectivity index (χ0v) is 14.7. The summed E-state index contributed by atoms with van der Waals surface area (Å²) in [5.74, 6) is 1.42. The van der Waals surface area contributed by atoms with Crippen LogP contribution in [0, 0.1) is 13.8 Å². The maximum Gasteiger partial charge on any atom is 0.174 e. The summed E-state index contributed by atoms with van der Waals surface area (Å²) >= 11 is 0. The Hall–Kier alpha value is -3.48. The smallest absolute Gasteiger partial charge is 0.174 e. The zero-order chi connectivity index (χ0) is 17.9. The molecule has 4 rings (SSSR count). The van der Waals surface area contributed by atoms with Crippen molar-refractivity contribution in [3.63, 3.8) is 0 Å². The number of nitrogens with one attached hydrogen (secondary N) is 1. The molecule has 0 radical (unpaired) electrons. The number of nitrogens with zero attached hydrogens (tertiary/aromatic N) is 6. The summed E-state index contributed by atoms with van der Waals surface area (Å²) < 4.78 is 3.77. The molecule has 0 aliphatic heterocycles. The molecule has 1 N–H and O–H groups in total. The highest BCUT2D eigenvalue weighted by molar-refractivity contribution is 5.39. The molecule has 1 aromatic carbocycles. The molecule has 7 heteroatoms. The zero-order valence-electron chi connectivity index (χ0n) is 14.7. The number of hydrogen-bond acceptors (Lipinski definition) is 5. The first-order valence-corrected chi connectivity index (χ1v) is 8.36. The number of benzene rings is 1. The number of aromatic nitrogens is 6. The van der Waals surface area contributed by atoms with Gasteiger partial charge in [-0.3, -0.25) is 4.98 Å². The largest absolute Gasteiger partial charge is 0.365 e. The molecule has 0 aliphatic carbocycles. The number of rotatable bonds is 5. The van der Waals surface area contributed by atoms with Gasteiger partial charge in [0.15, 0.2) is 5.82 Å². The first-order chi connectivity index (χ1) is 12.7. The lowest BCUT2D eigenvalue weighted by molar-refractivity contribution is 0.799. The molecule has 0 amide bonds. The Balaban J connectivity index is 1.46. The Kier molecular flexibility index (Phi) is 4.18. The highest BCUT2D eigenvalue weighted by Crippen LogP contribution is 2.13. The molecule has 0 unspecified atom stereocenters. The van der Waals surface area contributed by atoms with E-state index in [1.807, 2.05) is 30.7 Å². The SMILES string of the molecule is Cc1cc(C)n(-c2cncc(NCc3ccc(-n4ccnc4)cc3)n2)n1. The Morgan fingerprint density at radius 2 is 1.88 bits per heavy atom. The van der Waals surface area contributed by atoms with Crippen molar-refractivity contribution < 1.29 is 0 Å². The first-order valence-electron chi connectivity index (χ1n) is 8.36. The van der Waals surface area contributed by atoms with Crippen molar-refractivity contribution in [1.82, 2.24) is 29.3 Å². The molecule has 0 fully saturated rings. The summed E-state index contributed by atoms with van der Waals surface area (Å²) in [6.45, 7) is 4.63. The van der Waals surface area contributed by atoms with Crippen LogP contribution in [0.1, 0.15) is 17.0 Å². The second kappa shape index (κ2) is 6.79. The Labute approximate surface area is 151 Å². The summed E-state index contributed by atoms with van der Waals surface area (Å²) in [6, 6.07) is 10.3. The van der Waals surface area contributed by atoms with Gasteiger partial charge in [0.2, 0.25) is 0 Å². The summed E-state index contributed by atoms with van der Waals surface area (Å²) in [6.07, 6.45) is 8.91. The van der Waals surface area contributed by atoms with E-state index in [2.05, 4.69) is 49.6 Å². The van der Waals surface area contributed by atoms with Gasteiger partial charge in [0.05, 0.1) is 24.4 Å². The van der Waals surface area contributed by atoms with Gasteiger partial charge in [-0.25, -0.2) is 14.6 Å². The third-order valence-electron chi connectivity index (χ3n) is 4.06. The molecule has 4 aromatic rings. The van der Waals surface area contributed by atoms with Crippen LogP contribution >= 0.6 is 0 Å². The second-order valence-electron chi connectivity index (χ2n) is 6.09. The average molecular weight is 345 g/mol. The van der Waals surface area contributed by atoms with Crippen molar-refractivity contribution in [2.45, 2.75) is 20.4 Å². The van der Waals surface area contributed by atoms with Gasteiger partial charge < -0.3 is 9.88 Å². The van der Waals surface area contributed by atoms with E-state index in [9.17, 15) is 0 Å². The van der Waals surface area contributed by atoms with Gasteiger partial charge in [0, 0.05) is 30.3 Å². The summed E-state index contributed by atoms with van der Waals surface area (Å²) in [5.41, 5.74) is 4.23. The van der Waals surface area contributed by atoms with Crippen LogP contribution in [0.25, 0.3) is 11.5 Å². The van der Waals surface area contributed by atoms with Crippen LogP contribution in [0.15, 0.2) is 61.4 Å². The van der Waals surface area contributed by atoms with Crippen LogP contribution in [0.4, 0.5) is 5.82 Å². The summed E-state index contributed by atoms with van der Waals surface area (Å²) in [7, 11) is 0. The third-order valence-corrected chi connectivity index (χ3v) is 4.06. The molecule has 26 heavy (non-hydrogen) atoms. The van der Waals surface area contributed by atoms with Crippen LogP contribution in [0.5, 0.6) is 0 Å². The molecule has 0 saturated heterocycles. The lowest BCUT2D eigenvalue weighted by Crippen LogP contribution is -2.07. The number of aryl methyl sites for hydroxylation is 2. The van der Waals surface area contributed by atoms with Crippen LogP contribution in [-0.2, 0) is 6.54 Å². The van der Waals surface area contributed by atoms with E-state index < -0.39 is 0 Å². The van der Waals surface area contributed by atoms with E-state index >= 15 is 0 Å². The first kappa shape index (κ1) is 16.0. The molecule has 0 aliphatic rings. The van der Waals surface area contributed by atoms with Gasteiger partial charge in [-0.1, -0.05) is 12.1 Å². The molecular formula is C19H19N7. The van der Waals surface area contributed by atoms with E-state index in [1.54, 1.807) is 29.6 Å². The Morgan fingerprint density at radius 1 is 1.04 bits per heavy atom. The third kappa shape index (κ3) is 3.32. The highest BCUT2D eigenvalue weighted by atomic mass is 15.3. The van der Waals surface area contributed by atoms with E-state index in [-0.39, 0.29) is 0 Å². The maximum absolute atomic E-state index is 4.60. The molecule has 130 valence electrons. The van der Waals surface area contributed by atoms with Gasteiger partial charge in [-0.15, -0.1) is 0 Å². The maximum atomic E-state index is 4.60. The molecular weight excluding hydrogens is 326 g/mol. The standard InChI is InChI=1S/C19H19N7/c1-14-9-15(2)26(24-14)19-12-21-11-18(23-19)22-10-16-3-5-17(6-4-16)25-8-7-20-13-25/h3-9,11-13H,10H2,1-2H3,(H,22,23). The van der Waals surface area contributed by atoms with E-state index in [1.165, 1.54) is 0 Å². The quantitative estimate of drug-likeness (QED) is 0.602. The average Bonchev–Trinajstić information content (AvgIpc) is 3.30. The van der Waals surface area contributed by atoms with Gasteiger partial charge >= 0.3 is 0 Å². The molecule has 3 heterocycles. The molecule has 3 aromatic heterocycles.